The number of benzene rings is 2. The van der Waals surface area contributed by atoms with Crippen LogP contribution in [0.3, 0.4) is 0 Å². The summed E-state index contributed by atoms with van der Waals surface area (Å²) < 4.78 is 0. The third kappa shape index (κ3) is 2.82. The Kier molecular flexibility index (Phi) is 4.37. The smallest absolute Gasteiger partial charge is 0.116 e. The van der Waals surface area contributed by atoms with Gasteiger partial charge in [0.15, 0.2) is 0 Å². The van der Waals surface area contributed by atoms with E-state index in [4.69, 9.17) is 7.57 Å². The molecule has 0 fully saturated rings. The molecule has 2 aromatic rings. The average Bonchev–Trinajstić information content (AvgIpc) is 2.46. The van der Waals surface area contributed by atoms with E-state index in [-0.39, 0.29) is 0 Å². The fourth-order valence-corrected chi connectivity index (χ4v) is 9.53. The fourth-order valence-electron chi connectivity index (χ4n) is 2.32. The number of rotatable bonds is 4. The van der Waals surface area contributed by atoms with Crippen molar-refractivity contribution in [3.05, 3.63) is 72.2 Å². The largest absolute Gasteiger partial charge is 0.286 e. The highest BCUT2D eigenvalue weighted by Crippen LogP contribution is 2.61. The van der Waals surface area contributed by atoms with E-state index < -0.39 is 15.2 Å². The van der Waals surface area contributed by atoms with Crippen LogP contribution in [0.4, 0.5) is 0 Å². The molecule has 0 aliphatic rings. The van der Waals surface area contributed by atoms with Gasteiger partial charge in [0.1, 0.15) is 8.07 Å². The van der Waals surface area contributed by atoms with Gasteiger partial charge >= 0.3 is 0 Å². The summed E-state index contributed by atoms with van der Waals surface area (Å²) in [5.74, 6) is 0. The van der Waals surface area contributed by atoms with Gasteiger partial charge in [-0.2, -0.15) is 7.14 Å². The first-order valence-corrected chi connectivity index (χ1v) is 12.2. The van der Waals surface area contributed by atoms with Gasteiger partial charge in [-0.15, -0.1) is 0 Å². The van der Waals surface area contributed by atoms with Gasteiger partial charge in [0, 0.05) is 4.94 Å². The van der Waals surface area contributed by atoms with Crippen LogP contribution in [0.2, 0.25) is 19.6 Å². The first-order chi connectivity index (χ1) is 9.37. The first-order valence-electron chi connectivity index (χ1n) is 6.85. The summed E-state index contributed by atoms with van der Waals surface area (Å²) in [5.41, 5.74) is 0. The summed E-state index contributed by atoms with van der Waals surface area (Å²) >= 11 is 0. The molecule has 0 aliphatic heterocycles. The van der Waals surface area contributed by atoms with Crippen LogP contribution in [0.25, 0.3) is 0 Å². The second kappa shape index (κ2) is 5.71. The van der Waals surface area contributed by atoms with Crippen molar-refractivity contribution in [2.75, 3.05) is 0 Å². The zero-order valence-electron chi connectivity index (χ0n) is 12.5. The van der Waals surface area contributed by atoms with Crippen LogP contribution in [-0.2, 0) is 0 Å². The molecule has 3 radical (unpaired) electrons. The Morgan fingerprint density at radius 1 is 0.850 bits per heavy atom. The maximum absolute atomic E-state index is 7.02. The van der Waals surface area contributed by atoms with Crippen molar-refractivity contribution < 1.29 is 0 Å². The monoisotopic (exact) mass is 295 g/mol. The average molecular weight is 295 g/mol. The van der Waals surface area contributed by atoms with E-state index in [1.807, 2.05) is 12.1 Å². The molecule has 0 atom stereocenters. The van der Waals surface area contributed by atoms with Crippen LogP contribution < -0.4 is 10.6 Å². The third-order valence-corrected chi connectivity index (χ3v) is 11.5. The maximum Gasteiger partial charge on any atom is 0.116 e. The van der Waals surface area contributed by atoms with E-state index in [1.165, 1.54) is 15.5 Å². The zero-order valence-corrected chi connectivity index (χ0v) is 14.4. The van der Waals surface area contributed by atoms with Crippen LogP contribution in [0.1, 0.15) is 0 Å². The van der Waals surface area contributed by atoms with E-state index in [2.05, 4.69) is 74.8 Å². The van der Waals surface area contributed by atoms with Gasteiger partial charge in [0.2, 0.25) is 0 Å². The molecule has 0 saturated heterocycles. The molecule has 0 aliphatic carbocycles. The Bertz CT molecular complexity index is 548. The minimum absolute atomic E-state index is 1.22. The van der Waals surface area contributed by atoms with Crippen LogP contribution in [0, 0.1) is 0 Å². The SMILES string of the molecule is [B-][P+](C(=C)[Si](C)(C)C)(c1ccccc1)c1ccccc1. The van der Waals surface area contributed by atoms with Crippen LogP contribution in [-0.4, -0.2) is 15.6 Å². The topological polar surface area (TPSA) is 0 Å². The van der Waals surface area contributed by atoms with Crippen molar-refractivity contribution in [3.8, 4) is 0 Å². The van der Waals surface area contributed by atoms with Crippen molar-refractivity contribution >= 4 is 33.4 Å². The van der Waals surface area contributed by atoms with Gasteiger partial charge in [-0.1, -0.05) is 62.6 Å². The predicted molar refractivity (Wildman–Crippen MR) is 97.3 cm³/mol. The summed E-state index contributed by atoms with van der Waals surface area (Å²) in [7, 11) is 3.47. The number of hydrogen-bond acceptors (Lipinski definition) is 0. The van der Waals surface area contributed by atoms with Crippen molar-refractivity contribution in [2.45, 2.75) is 19.6 Å². The Hall–Kier alpha value is -1.11. The molecule has 0 aromatic heterocycles. The molecule has 101 valence electrons. The summed E-state index contributed by atoms with van der Waals surface area (Å²) in [6.45, 7) is 11.4. The molecular weight excluding hydrogens is 274 g/mol. The molecule has 0 spiro atoms. The highest BCUT2D eigenvalue weighted by Gasteiger charge is 2.35. The summed E-state index contributed by atoms with van der Waals surface area (Å²) in [5, 5.41) is 2.44. The Balaban J connectivity index is 2.65. The Labute approximate surface area is 125 Å². The fraction of sp³-hybridized carbons (Fsp3) is 0.176. The third-order valence-electron chi connectivity index (χ3n) is 3.62. The Morgan fingerprint density at radius 3 is 1.50 bits per heavy atom. The lowest BCUT2D eigenvalue weighted by Gasteiger charge is -2.42. The van der Waals surface area contributed by atoms with E-state index in [1.54, 1.807) is 0 Å². The van der Waals surface area contributed by atoms with E-state index in [9.17, 15) is 0 Å². The molecular formula is C17H21BPSi. The summed E-state index contributed by atoms with van der Waals surface area (Å²) in [6.07, 6.45) is 0. The first kappa shape index (κ1) is 15.3. The lowest BCUT2D eigenvalue weighted by atomic mass is 10.4. The van der Waals surface area contributed by atoms with E-state index >= 15 is 0 Å². The molecule has 0 nitrogen and oxygen atoms in total. The molecule has 2 aromatic carbocycles. The lowest BCUT2D eigenvalue weighted by molar-refractivity contribution is 1.72. The van der Waals surface area contributed by atoms with Crippen molar-refractivity contribution in [1.29, 1.82) is 0 Å². The van der Waals surface area contributed by atoms with Gasteiger partial charge in [-0.3, -0.25) is 7.57 Å². The molecule has 0 heterocycles. The molecule has 0 amide bonds. The van der Waals surface area contributed by atoms with Gasteiger partial charge in [-0.05, 0) is 24.3 Å². The van der Waals surface area contributed by atoms with Crippen LogP contribution in [0.15, 0.2) is 72.2 Å². The second-order valence-electron chi connectivity index (χ2n) is 6.09. The van der Waals surface area contributed by atoms with Gasteiger partial charge in [-0.25, -0.2) is 0 Å². The molecule has 20 heavy (non-hydrogen) atoms. The highest BCUT2D eigenvalue weighted by molar-refractivity contribution is 8.12. The Morgan fingerprint density at radius 2 is 1.20 bits per heavy atom. The lowest BCUT2D eigenvalue weighted by Crippen LogP contribution is -2.34. The minimum Gasteiger partial charge on any atom is -0.286 e. The quantitative estimate of drug-likeness (QED) is 0.587. The van der Waals surface area contributed by atoms with Crippen molar-refractivity contribution in [2.24, 2.45) is 0 Å². The normalized spacial score (nSPS) is 12.2. The molecule has 3 heteroatoms. The molecule has 2 rings (SSSR count). The van der Waals surface area contributed by atoms with Crippen LogP contribution >= 0.6 is 7.14 Å². The predicted octanol–water partition coefficient (Wildman–Crippen LogP) is 4.13. The van der Waals surface area contributed by atoms with Crippen LogP contribution in [0.5, 0.6) is 0 Å². The summed E-state index contributed by atoms with van der Waals surface area (Å²) in [6, 6.07) is 20.9. The van der Waals surface area contributed by atoms with Gasteiger partial charge in [0.25, 0.3) is 0 Å². The maximum atomic E-state index is 7.02. The standard InChI is InChI=1S/C17H21BPSi/c1-15(20(2,3)4)19(18,16-11-7-5-8-12-16)17-13-9-6-10-14-17/h5-14H,1H2,2-4H3. The second-order valence-corrected chi connectivity index (χ2v) is 14.6. The van der Waals surface area contributed by atoms with Gasteiger partial charge in [0.05, 0.1) is 10.6 Å². The van der Waals surface area contributed by atoms with E-state index in [0.717, 1.165) is 0 Å². The zero-order chi connectivity index (χ0) is 14.8. The number of hydrogen-bond donors (Lipinski definition) is 0. The molecule has 0 saturated carbocycles. The summed E-state index contributed by atoms with van der Waals surface area (Å²) in [4.78, 5) is 1.27. The highest BCUT2D eigenvalue weighted by atomic mass is 31.2. The minimum atomic E-state index is -2.02. The van der Waals surface area contributed by atoms with Gasteiger partial charge < -0.3 is 0 Å². The van der Waals surface area contributed by atoms with E-state index in [0.29, 0.717) is 0 Å². The van der Waals surface area contributed by atoms with Crippen molar-refractivity contribution in [1.82, 2.24) is 0 Å². The van der Waals surface area contributed by atoms with Crippen molar-refractivity contribution in [3.63, 3.8) is 0 Å². The molecule has 0 bridgehead atoms. The molecule has 0 N–H and O–H groups in total. The molecule has 0 unspecified atom stereocenters.